The number of aliphatic imine (C=N–C) groups is 1. The quantitative estimate of drug-likeness (QED) is 0.242. The van der Waals surface area contributed by atoms with Gasteiger partial charge in [-0.25, -0.2) is 4.98 Å². The summed E-state index contributed by atoms with van der Waals surface area (Å²) in [4.78, 5) is 12.1. The fraction of sp³-hybridized carbons (Fsp3) is 0.524. The summed E-state index contributed by atoms with van der Waals surface area (Å²) in [6.45, 7) is 6.70. The lowest BCUT2D eigenvalue weighted by Gasteiger charge is -2.16. The number of hydrogen-bond donors (Lipinski definition) is 2. The number of aryl methyl sites for hydroxylation is 1. The van der Waals surface area contributed by atoms with Gasteiger partial charge in [-0.1, -0.05) is 12.1 Å². The van der Waals surface area contributed by atoms with Crippen LogP contribution in [0.25, 0.3) is 0 Å². The van der Waals surface area contributed by atoms with Gasteiger partial charge in [0.1, 0.15) is 12.4 Å². The molecule has 2 aromatic rings. The monoisotopic (exact) mass is 547 g/mol. The molecule has 2 rings (SSSR count). The van der Waals surface area contributed by atoms with Crippen LogP contribution in [0.2, 0.25) is 0 Å². The van der Waals surface area contributed by atoms with E-state index in [0.29, 0.717) is 13.2 Å². The van der Waals surface area contributed by atoms with Crippen molar-refractivity contribution in [3.05, 3.63) is 45.9 Å². The Labute approximate surface area is 201 Å². The van der Waals surface area contributed by atoms with Crippen molar-refractivity contribution in [2.45, 2.75) is 19.9 Å². The summed E-state index contributed by atoms with van der Waals surface area (Å²) in [5, 5.41) is 7.82. The maximum absolute atomic E-state index is 5.88. The zero-order valence-electron chi connectivity index (χ0n) is 18.3. The fourth-order valence-electron chi connectivity index (χ4n) is 2.63. The number of hydrogen-bond acceptors (Lipinski definition) is 6. The summed E-state index contributed by atoms with van der Waals surface area (Å²) < 4.78 is 11.0. The predicted octanol–water partition coefficient (Wildman–Crippen LogP) is 2.93. The van der Waals surface area contributed by atoms with Gasteiger partial charge in [-0.05, 0) is 31.7 Å². The van der Waals surface area contributed by atoms with E-state index < -0.39 is 0 Å². The molecule has 0 atom stereocenters. The van der Waals surface area contributed by atoms with Crippen molar-refractivity contribution in [2.75, 3.05) is 54.1 Å². The molecule has 0 saturated heterocycles. The van der Waals surface area contributed by atoms with Crippen molar-refractivity contribution >= 4 is 41.3 Å². The molecule has 0 aliphatic heterocycles. The van der Waals surface area contributed by atoms with Gasteiger partial charge in [-0.2, -0.15) is 0 Å². The maximum Gasteiger partial charge on any atom is 0.191 e. The Hall–Kier alpha value is -1.43. The van der Waals surface area contributed by atoms with E-state index >= 15 is 0 Å². The van der Waals surface area contributed by atoms with E-state index in [1.165, 1.54) is 4.88 Å². The Bertz CT molecular complexity index is 757. The molecule has 0 aliphatic rings. The first-order valence-electron chi connectivity index (χ1n) is 9.85. The van der Waals surface area contributed by atoms with Crippen LogP contribution in [0.3, 0.4) is 0 Å². The minimum absolute atomic E-state index is 0. The average Bonchev–Trinajstić information content (AvgIpc) is 3.14. The van der Waals surface area contributed by atoms with Crippen LogP contribution < -0.4 is 15.4 Å². The van der Waals surface area contributed by atoms with Gasteiger partial charge in [-0.3, -0.25) is 4.99 Å². The zero-order chi connectivity index (χ0) is 20.9. The van der Waals surface area contributed by atoms with E-state index in [1.807, 2.05) is 18.3 Å². The highest BCUT2D eigenvalue weighted by molar-refractivity contribution is 14.0. The Morgan fingerprint density at radius 1 is 1.23 bits per heavy atom. The highest BCUT2D eigenvalue weighted by Gasteiger charge is 2.03. The van der Waals surface area contributed by atoms with Crippen molar-refractivity contribution in [3.63, 3.8) is 0 Å². The molecule has 168 valence electrons. The number of benzene rings is 1. The van der Waals surface area contributed by atoms with Gasteiger partial charge < -0.3 is 25.0 Å². The van der Waals surface area contributed by atoms with Gasteiger partial charge in [0.15, 0.2) is 5.96 Å². The Kier molecular flexibility index (Phi) is 13.6. The van der Waals surface area contributed by atoms with Crippen molar-refractivity contribution in [1.82, 2.24) is 20.5 Å². The van der Waals surface area contributed by atoms with Gasteiger partial charge in [0.2, 0.25) is 0 Å². The molecule has 30 heavy (non-hydrogen) atoms. The Morgan fingerprint density at radius 2 is 2.03 bits per heavy atom. The third-order valence-corrected chi connectivity index (χ3v) is 5.27. The van der Waals surface area contributed by atoms with Crippen LogP contribution in [-0.2, 0) is 17.7 Å². The van der Waals surface area contributed by atoms with E-state index in [4.69, 9.17) is 9.47 Å². The minimum Gasteiger partial charge on any atom is -0.492 e. The lowest BCUT2D eigenvalue weighted by molar-refractivity contribution is 0.150. The Balaban J connectivity index is 0.00000450. The number of guanidine groups is 1. The molecule has 0 bridgehead atoms. The number of halogens is 1. The summed E-state index contributed by atoms with van der Waals surface area (Å²) in [5.74, 6) is 1.66. The fourth-order valence-corrected chi connectivity index (χ4v) is 3.42. The van der Waals surface area contributed by atoms with Crippen molar-refractivity contribution in [2.24, 2.45) is 4.99 Å². The summed E-state index contributed by atoms with van der Waals surface area (Å²) in [6, 6.07) is 8.15. The number of likely N-dealkylation sites (N-methyl/N-ethyl adjacent to an activating group) is 1. The number of methoxy groups -OCH3 is 1. The molecular weight excluding hydrogens is 513 g/mol. The van der Waals surface area contributed by atoms with E-state index in [9.17, 15) is 0 Å². The van der Waals surface area contributed by atoms with Crippen LogP contribution in [0.1, 0.15) is 15.4 Å². The largest absolute Gasteiger partial charge is 0.492 e. The van der Waals surface area contributed by atoms with E-state index in [0.717, 1.165) is 54.9 Å². The minimum atomic E-state index is 0. The molecule has 2 N–H and O–H groups in total. The molecule has 0 amide bonds. The highest BCUT2D eigenvalue weighted by Crippen LogP contribution is 2.13. The van der Waals surface area contributed by atoms with Crippen molar-refractivity contribution < 1.29 is 9.47 Å². The highest BCUT2D eigenvalue weighted by atomic mass is 127. The summed E-state index contributed by atoms with van der Waals surface area (Å²) in [6.07, 6.45) is 2.81. The maximum atomic E-state index is 5.88. The molecule has 0 spiro atoms. The lowest BCUT2D eigenvalue weighted by atomic mass is 10.2. The first-order valence-corrected chi connectivity index (χ1v) is 10.7. The molecule has 9 heteroatoms. The summed E-state index contributed by atoms with van der Waals surface area (Å²) >= 11 is 1.74. The molecule has 7 nitrogen and oxygen atoms in total. The number of thiazole rings is 1. The molecule has 1 heterocycles. The number of nitrogens with zero attached hydrogens (tertiary/aromatic N) is 3. The number of aromatic nitrogens is 1. The molecule has 0 aliphatic carbocycles. The lowest BCUT2D eigenvalue weighted by Crippen LogP contribution is -2.37. The average molecular weight is 548 g/mol. The summed E-state index contributed by atoms with van der Waals surface area (Å²) in [5.41, 5.74) is 1.15. The van der Waals surface area contributed by atoms with Crippen molar-refractivity contribution in [3.8, 4) is 5.75 Å². The molecule has 0 unspecified atom stereocenters. The normalized spacial score (nSPS) is 11.3. The van der Waals surface area contributed by atoms with Crippen LogP contribution >= 0.6 is 35.3 Å². The van der Waals surface area contributed by atoms with Crippen LogP contribution in [0.15, 0.2) is 35.5 Å². The molecular formula is C21H34IN5O2S. The number of ether oxygens (including phenoxy) is 2. The van der Waals surface area contributed by atoms with Gasteiger partial charge in [0.25, 0.3) is 0 Å². The first kappa shape index (κ1) is 26.6. The summed E-state index contributed by atoms with van der Waals surface area (Å²) in [7, 11) is 5.56. The Morgan fingerprint density at radius 3 is 2.73 bits per heavy atom. The van der Waals surface area contributed by atoms with Crippen molar-refractivity contribution in [1.29, 1.82) is 0 Å². The van der Waals surface area contributed by atoms with E-state index in [1.54, 1.807) is 25.5 Å². The van der Waals surface area contributed by atoms with Crippen LogP contribution in [0.4, 0.5) is 0 Å². The van der Waals surface area contributed by atoms with Gasteiger partial charge >= 0.3 is 0 Å². The van der Waals surface area contributed by atoms with Crippen LogP contribution in [-0.4, -0.2) is 69.9 Å². The molecule has 0 saturated carbocycles. The topological polar surface area (TPSA) is 71.0 Å². The number of nitrogens with one attached hydrogen (secondary N) is 2. The molecule has 0 fully saturated rings. The van der Waals surface area contributed by atoms with Gasteiger partial charge in [0, 0.05) is 57.8 Å². The van der Waals surface area contributed by atoms with E-state index in [2.05, 4.69) is 51.6 Å². The second-order valence-electron chi connectivity index (χ2n) is 6.76. The van der Waals surface area contributed by atoms with Crippen LogP contribution in [0, 0.1) is 6.92 Å². The second kappa shape index (κ2) is 15.4. The van der Waals surface area contributed by atoms with Gasteiger partial charge in [0.05, 0.1) is 11.6 Å². The zero-order valence-corrected chi connectivity index (χ0v) is 21.5. The third kappa shape index (κ3) is 10.6. The molecule has 1 aromatic carbocycles. The van der Waals surface area contributed by atoms with E-state index in [-0.39, 0.29) is 24.0 Å². The number of rotatable bonds is 12. The first-order chi connectivity index (χ1) is 14.1. The smallest absolute Gasteiger partial charge is 0.191 e. The third-order valence-electron chi connectivity index (χ3n) is 4.30. The molecule has 1 aromatic heterocycles. The predicted molar refractivity (Wildman–Crippen MR) is 135 cm³/mol. The molecule has 0 radical (unpaired) electrons. The second-order valence-corrected chi connectivity index (χ2v) is 8.08. The van der Waals surface area contributed by atoms with Gasteiger partial charge in [-0.15, -0.1) is 35.3 Å². The van der Waals surface area contributed by atoms with Crippen LogP contribution in [0.5, 0.6) is 5.75 Å². The SMILES string of the molecule is CN=C(NCCc1ncc(C)s1)NCc1cccc(OCCN(C)CCOC)c1.I. The standard InChI is InChI=1S/C21H33N5O2S.HI/c1-17-15-24-20(29-17)8-9-23-21(22-2)25-16-18-6-5-7-19(14-18)28-13-11-26(3)10-12-27-4;/h5-7,14-15H,8-13,16H2,1-4H3,(H2,22,23,25);1H.